The second-order valence-electron chi connectivity index (χ2n) is 3.56. The van der Waals surface area contributed by atoms with Crippen molar-refractivity contribution in [3.8, 4) is 0 Å². The van der Waals surface area contributed by atoms with Crippen molar-refractivity contribution in [2.75, 3.05) is 17.8 Å². The summed E-state index contributed by atoms with van der Waals surface area (Å²) in [4.78, 5) is 4.21. The van der Waals surface area contributed by atoms with E-state index in [1.54, 1.807) is 18.0 Å². The average Bonchev–Trinajstić information content (AvgIpc) is 2.53. The molecule has 1 aromatic heterocycles. The van der Waals surface area contributed by atoms with Crippen molar-refractivity contribution in [3.05, 3.63) is 11.9 Å². The van der Waals surface area contributed by atoms with E-state index in [4.69, 9.17) is 11.6 Å². The van der Waals surface area contributed by atoms with Gasteiger partial charge in [-0.3, -0.25) is 0 Å². The SMILES string of the molecule is Cn1c(CCl)cnc1SCCCS(C)(=O)=O. The molecule has 0 aromatic carbocycles. The first kappa shape index (κ1) is 13.9. The first-order chi connectivity index (χ1) is 7.44. The lowest BCUT2D eigenvalue weighted by molar-refractivity contribution is 0.600. The molecule has 1 heterocycles. The summed E-state index contributed by atoms with van der Waals surface area (Å²) in [5, 5.41) is 0.879. The Balaban J connectivity index is 2.40. The summed E-state index contributed by atoms with van der Waals surface area (Å²) in [5.41, 5.74) is 0.965. The highest BCUT2D eigenvalue weighted by Gasteiger charge is 2.07. The number of aromatic nitrogens is 2. The van der Waals surface area contributed by atoms with E-state index in [-0.39, 0.29) is 5.75 Å². The number of halogens is 1. The van der Waals surface area contributed by atoms with Crippen molar-refractivity contribution >= 4 is 33.2 Å². The smallest absolute Gasteiger partial charge is 0.167 e. The highest BCUT2D eigenvalue weighted by atomic mass is 35.5. The number of sulfone groups is 1. The Hall–Kier alpha value is -0.200. The van der Waals surface area contributed by atoms with Crippen molar-refractivity contribution in [1.82, 2.24) is 9.55 Å². The monoisotopic (exact) mass is 282 g/mol. The van der Waals surface area contributed by atoms with E-state index in [0.29, 0.717) is 12.3 Å². The van der Waals surface area contributed by atoms with Gasteiger partial charge >= 0.3 is 0 Å². The molecule has 0 atom stereocenters. The minimum atomic E-state index is -2.85. The van der Waals surface area contributed by atoms with E-state index in [1.165, 1.54) is 6.26 Å². The summed E-state index contributed by atoms with van der Waals surface area (Å²) in [5.74, 6) is 1.42. The van der Waals surface area contributed by atoms with Crippen LogP contribution in [0, 0.1) is 0 Å². The standard InChI is InChI=1S/C9H15ClN2O2S2/c1-12-8(6-10)7-11-9(12)15-4-3-5-16(2,13)14/h7H,3-6H2,1-2H3. The molecule has 0 saturated heterocycles. The van der Waals surface area contributed by atoms with Crippen LogP contribution >= 0.6 is 23.4 Å². The predicted octanol–water partition coefficient (Wildman–Crippen LogP) is 1.69. The second-order valence-corrected chi connectivity index (χ2v) is 7.15. The molecule has 0 spiro atoms. The van der Waals surface area contributed by atoms with Gasteiger partial charge in [0.05, 0.1) is 23.5 Å². The van der Waals surface area contributed by atoms with Gasteiger partial charge in [0.2, 0.25) is 0 Å². The minimum Gasteiger partial charge on any atom is -0.325 e. The quantitative estimate of drug-likeness (QED) is 0.453. The van der Waals surface area contributed by atoms with Crippen LogP contribution in [0.1, 0.15) is 12.1 Å². The summed E-state index contributed by atoms with van der Waals surface area (Å²) in [6, 6.07) is 0. The molecule has 0 amide bonds. The van der Waals surface area contributed by atoms with E-state index in [9.17, 15) is 8.42 Å². The molecule has 16 heavy (non-hydrogen) atoms. The maximum absolute atomic E-state index is 10.9. The predicted molar refractivity (Wildman–Crippen MR) is 67.8 cm³/mol. The minimum absolute atomic E-state index is 0.229. The van der Waals surface area contributed by atoms with E-state index >= 15 is 0 Å². The van der Waals surface area contributed by atoms with Gasteiger partial charge in [-0.05, 0) is 6.42 Å². The highest BCUT2D eigenvalue weighted by Crippen LogP contribution is 2.18. The van der Waals surface area contributed by atoms with Crippen LogP contribution in [0.5, 0.6) is 0 Å². The first-order valence-corrected chi connectivity index (χ1v) is 8.39. The molecule has 0 aliphatic rings. The van der Waals surface area contributed by atoms with Crippen LogP contribution < -0.4 is 0 Å². The Kier molecular flexibility index (Phi) is 5.14. The molecule has 0 unspecified atom stereocenters. The summed E-state index contributed by atoms with van der Waals surface area (Å²) >= 11 is 7.27. The van der Waals surface area contributed by atoms with Crippen LogP contribution in [0.25, 0.3) is 0 Å². The van der Waals surface area contributed by atoms with Gasteiger partial charge in [-0.1, -0.05) is 11.8 Å². The van der Waals surface area contributed by atoms with Gasteiger partial charge < -0.3 is 4.57 Å². The molecule has 0 radical (unpaired) electrons. The Morgan fingerprint density at radius 2 is 2.25 bits per heavy atom. The Morgan fingerprint density at radius 3 is 2.75 bits per heavy atom. The maximum Gasteiger partial charge on any atom is 0.167 e. The van der Waals surface area contributed by atoms with E-state index in [1.807, 2.05) is 11.6 Å². The molecule has 7 heteroatoms. The largest absolute Gasteiger partial charge is 0.325 e. The van der Waals surface area contributed by atoms with Gasteiger partial charge in [0.25, 0.3) is 0 Å². The summed E-state index contributed by atoms with van der Waals surface area (Å²) in [6.07, 6.45) is 3.64. The van der Waals surface area contributed by atoms with Gasteiger partial charge in [-0.25, -0.2) is 13.4 Å². The number of rotatable bonds is 6. The zero-order valence-corrected chi connectivity index (χ0v) is 11.7. The second kappa shape index (κ2) is 5.93. The molecular formula is C9H15ClN2O2S2. The molecule has 0 N–H and O–H groups in total. The van der Waals surface area contributed by atoms with Gasteiger partial charge in [0, 0.05) is 19.1 Å². The van der Waals surface area contributed by atoms with Crippen molar-refractivity contribution in [3.63, 3.8) is 0 Å². The van der Waals surface area contributed by atoms with E-state index in [2.05, 4.69) is 4.98 Å². The number of thioether (sulfide) groups is 1. The molecular weight excluding hydrogens is 268 g/mol. The van der Waals surface area contributed by atoms with Crippen LogP contribution in [0.2, 0.25) is 0 Å². The third kappa shape index (κ3) is 4.35. The van der Waals surface area contributed by atoms with Gasteiger partial charge in [-0.15, -0.1) is 11.6 Å². The lowest BCUT2D eigenvalue weighted by Crippen LogP contribution is -2.04. The third-order valence-electron chi connectivity index (χ3n) is 2.07. The Labute approximate surface area is 105 Å². The molecule has 0 bridgehead atoms. The van der Waals surface area contributed by atoms with Crippen molar-refractivity contribution in [2.24, 2.45) is 7.05 Å². The van der Waals surface area contributed by atoms with Crippen LogP contribution in [-0.2, 0) is 22.8 Å². The molecule has 0 saturated carbocycles. The molecule has 0 fully saturated rings. The highest BCUT2D eigenvalue weighted by molar-refractivity contribution is 7.99. The molecule has 4 nitrogen and oxygen atoms in total. The van der Waals surface area contributed by atoms with Crippen LogP contribution in [0.4, 0.5) is 0 Å². The lowest BCUT2D eigenvalue weighted by Gasteiger charge is -2.03. The number of hydrogen-bond donors (Lipinski definition) is 0. The zero-order valence-electron chi connectivity index (χ0n) is 9.31. The molecule has 92 valence electrons. The van der Waals surface area contributed by atoms with E-state index < -0.39 is 9.84 Å². The van der Waals surface area contributed by atoms with Crippen molar-refractivity contribution in [1.29, 1.82) is 0 Å². The average molecular weight is 283 g/mol. The Morgan fingerprint density at radius 1 is 1.56 bits per heavy atom. The van der Waals surface area contributed by atoms with Crippen LogP contribution in [-0.4, -0.2) is 35.7 Å². The van der Waals surface area contributed by atoms with Gasteiger partial charge in [0.1, 0.15) is 9.84 Å². The fourth-order valence-corrected chi connectivity index (χ4v) is 3.18. The van der Waals surface area contributed by atoms with Crippen LogP contribution in [0.3, 0.4) is 0 Å². The van der Waals surface area contributed by atoms with Crippen molar-refractivity contribution in [2.45, 2.75) is 17.5 Å². The summed E-state index contributed by atoms with van der Waals surface area (Å²) in [6.45, 7) is 0. The molecule has 1 aromatic rings. The summed E-state index contributed by atoms with van der Waals surface area (Å²) in [7, 11) is -0.943. The molecule has 0 aliphatic heterocycles. The number of hydrogen-bond acceptors (Lipinski definition) is 4. The molecule has 0 aliphatic carbocycles. The number of imidazole rings is 1. The topological polar surface area (TPSA) is 52.0 Å². The van der Waals surface area contributed by atoms with Gasteiger partial charge in [0.15, 0.2) is 5.16 Å². The maximum atomic E-state index is 10.9. The fourth-order valence-electron chi connectivity index (χ4n) is 1.17. The fraction of sp³-hybridized carbons (Fsp3) is 0.667. The number of nitrogens with zero attached hydrogens (tertiary/aromatic N) is 2. The van der Waals surface area contributed by atoms with Crippen molar-refractivity contribution < 1.29 is 8.42 Å². The van der Waals surface area contributed by atoms with E-state index in [0.717, 1.165) is 16.6 Å². The zero-order chi connectivity index (χ0) is 12.2. The molecule has 1 rings (SSSR count). The third-order valence-corrected chi connectivity index (χ3v) is 4.50. The Bertz CT molecular complexity index is 442. The lowest BCUT2D eigenvalue weighted by atomic mass is 10.5. The normalized spacial score (nSPS) is 11.9. The number of alkyl halides is 1. The van der Waals surface area contributed by atoms with Crippen LogP contribution in [0.15, 0.2) is 11.4 Å². The summed E-state index contributed by atoms with van der Waals surface area (Å²) < 4.78 is 23.8. The first-order valence-electron chi connectivity index (χ1n) is 4.81. The van der Waals surface area contributed by atoms with Gasteiger partial charge in [-0.2, -0.15) is 0 Å².